The zero-order chi connectivity index (χ0) is 12.5. The van der Waals surface area contributed by atoms with E-state index in [0.717, 1.165) is 5.69 Å². The highest BCUT2D eigenvalue weighted by atomic mass is 19.1. The Balaban J connectivity index is 2.01. The van der Waals surface area contributed by atoms with Crippen molar-refractivity contribution >= 4 is 11.3 Å². The number of nitrogens with two attached hydrogens (primary N) is 1. The molecule has 3 rings (SSSR count). The van der Waals surface area contributed by atoms with Crippen LogP contribution in [0.3, 0.4) is 0 Å². The summed E-state index contributed by atoms with van der Waals surface area (Å²) in [5.74, 6) is -0.206. The predicted octanol–water partition coefficient (Wildman–Crippen LogP) is 2.65. The van der Waals surface area contributed by atoms with Crippen LogP contribution in [-0.4, -0.2) is 9.38 Å². The second kappa shape index (κ2) is 4.14. The molecule has 90 valence electrons. The fourth-order valence-corrected chi connectivity index (χ4v) is 2.01. The molecule has 1 aromatic carbocycles. The summed E-state index contributed by atoms with van der Waals surface area (Å²) >= 11 is 0. The minimum atomic E-state index is -0.206. The first-order chi connectivity index (χ1) is 8.74. The van der Waals surface area contributed by atoms with E-state index in [-0.39, 0.29) is 5.82 Å². The SMILES string of the molecule is Nc1cccn2cc(Cc3ccccc3F)nc12. The quantitative estimate of drug-likeness (QED) is 0.749. The van der Waals surface area contributed by atoms with Gasteiger partial charge in [-0.15, -0.1) is 0 Å². The van der Waals surface area contributed by atoms with Gasteiger partial charge in [0.15, 0.2) is 5.65 Å². The second-order valence-corrected chi connectivity index (χ2v) is 4.19. The molecule has 0 aliphatic carbocycles. The summed E-state index contributed by atoms with van der Waals surface area (Å²) in [6, 6.07) is 10.4. The topological polar surface area (TPSA) is 43.3 Å². The lowest BCUT2D eigenvalue weighted by molar-refractivity contribution is 0.613. The third kappa shape index (κ3) is 1.82. The minimum absolute atomic E-state index is 0.206. The molecule has 2 aromatic heterocycles. The highest BCUT2D eigenvalue weighted by molar-refractivity contribution is 5.64. The van der Waals surface area contributed by atoms with Crippen LogP contribution in [0.5, 0.6) is 0 Å². The van der Waals surface area contributed by atoms with Crippen molar-refractivity contribution in [2.75, 3.05) is 5.73 Å². The molecule has 0 saturated heterocycles. The summed E-state index contributed by atoms with van der Waals surface area (Å²) < 4.78 is 15.4. The molecule has 3 aromatic rings. The van der Waals surface area contributed by atoms with Crippen LogP contribution in [0.15, 0.2) is 48.8 Å². The van der Waals surface area contributed by atoms with Crippen molar-refractivity contribution in [3.8, 4) is 0 Å². The van der Waals surface area contributed by atoms with Crippen LogP contribution in [0.4, 0.5) is 10.1 Å². The maximum absolute atomic E-state index is 13.6. The molecule has 2 N–H and O–H groups in total. The van der Waals surface area contributed by atoms with Gasteiger partial charge in [0.25, 0.3) is 0 Å². The molecule has 0 aliphatic heterocycles. The van der Waals surface area contributed by atoms with Gasteiger partial charge in [0, 0.05) is 18.8 Å². The van der Waals surface area contributed by atoms with Crippen molar-refractivity contribution in [2.45, 2.75) is 6.42 Å². The summed E-state index contributed by atoms with van der Waals surface area (Å²) in [5, 5.41) is 0. The van der Waals surface area contributed by atoms with E-state index in [9.17, 15) is 4.39 Å². The molecule has 0 spiro atoms. The Labute approximate surface area is 104 Å². The van der Waals surface area contributed by atoms with Crippen molar-refractivity contribution in [3.63, 3.8) is 0 Å². The number of aromatic nitrogens is 2. The number of benzene rings is 1. The maximum Gasteiger partial charge on any atom is 0.160 e. The van der Waals surface area contributed by atoms with Crippen molar-refractivity contribution < 1.29 is 4.39 Å². The number of hydrogen-bond acceptors (Lipinski definition) is 2. The number of nitrogen functional groups attached to an aromatic ring is 1. The van der Waals surface area contributed by atoms with Gasteiger partial charge < -0.3 is 10.1 Å². The van der Waals surface area contributed by atoms with E-state index in [2.05, 4.69) is 4.98 Å². The van der Waals surface area contributed by atoms with Crippen LogP contribution in [0.1, 0.15) is 11.3 Å². The largest absolute Gasteiger partial charge is 0.396 e. The van der Waals surface area contributed by atoms with Gasteiger partial charge in [-0.05, 0) is 23.8 Å². The van der Waals surface area contributed by atoms with E-state index in [1.54, 1.807) is 18.2 Å². The second-order valence-electron chi connectivity index (χ2n) is 4.19. The van der Waals surface area contributed by atoms with Gasteiger partial charge in [-0.2, -0.15) is 0 Å². The Kier molecular flexibility index (Phi) is 2.48. The fourth-order valence-electron chi connectivity index (χ4n) is 2.01. The molecule has 2 heterocycles. The molecular weight excluding hydrogens is 229 g/mol. The van der Waals surface area contributed by atoms with Gasteiger partial charge in [-0.25, -0.2) is 9.37 Å². The van der Waals surface area contributed by atoms with Crippen molar-refractivity contribution in [1.29, 1.82) is 0 Å². The number of fused-ring (bicyclic) bond motifs is 1. The molecule has 0 aliphatic rings. The number of pyridine rings is 1. The minimum Gasteiger partial charge on any atom is -0.396 e. The average molecular weight is 241 g/mol. The van der Waals surface area contributed by atoms with Crippen LogP contribution >= 0.6 is 0 Å². The molecule has 4 heteroatoms. The number of rotatable bonds is 2. The monoisotopic (exact) mass is 241 g/mol. The zero-order valence-corrected chi connectivity index (χ0v) is 9.68. The highest BCUT2D eigenvalue weighted by Crippen LogP contribution is 2.16. The normalized spacial score (nSPS) is 10.9. The molecule has 0 fully saturated rings. The first kappa shape index (κ1) is 10.8. The number of anilines is 1. The number of imidazole rings is 1. The van der Waals surface area contributed by atoms with Crippen LogP contribution < -0.4 is 5.73 Å². The van der Waals surface area contributed by atoms with Crippen LogP contribution in [-0.2, 0) is 6.42 Å². The van der Waals surface area contributed by atoms with E-state index < -0.39 is 0 Å². The van der Waals surface area contributed by atoms with E-state index >= 15 is 0 Å². The Morgan fingerprint density at radius 1 is 1.17 bits per heavy atom. The summed E-state index contributed by atoms with van der Waals surface area (Å²) in [7, 11) is 0. The van der Waals surface area contributed by atoms with Gasteiger partial charge in [0.2, 0.25) is 0 Å². The van der Waals surface area contributed by atoms with Gasteiger partial charge in [-0.1, -0.05) is 18.2 Å². The molecule has 0 atom stereocenters. The number of halogens is 1. The molecule has 0 amide bonds. The summed E-state index contributed by atoms with van der Waals surface area (Å²) in [6.45, 7) is 0. The van der Waals surface area contributed by atoms with Crippen LogP contribution in [0.25, 0.3) is 5.65 Å². The summed E-state index contributed by atoms with van der Waals surface area (Å²) in [6.07, 6.45) is 4.22. The standard InChI is InChI=1S/C14H12FN3/c15-12-5-2-1-4-10(12)8-11-9-18-7-3-6-13(16)14(18)17-11/h1-7,9H,8,16H2. The Bertz CT molecular complexity index is 703. The van der Waals surface area contributed by atoms with Gasteiger partial charge in [0.1, 0.15) is 5.82 Å². The average Bonchev–Trinajstić information content (AvgIpc) is 2.76. The van der Waals surface area contributed by atoms with Crippen molar-refractivity contribution in [3.05, 3.63) is 65.9 Å². The number of hydrogen-bond donors (Lipinski definition) is 1. The lowest BCUT2D eigenvalue weighted by Gasteiger charge is -1.98. The van der Waals surface area contributed by atoms with E-state index in [1.807, 2.05) is 28.9 Å². The molecular formula is C14H12FN3. The Morgan fingerprint density at radius 2 is 2.00 bits per heavy atom. The predicted molar refractivity (Wildman–Crippen MR) is 68.8 cm³/mol. The van der Waals surface area contributed by atoms with Gasteiger partial charge >= 0.3 is 0 Å². The van der Waals surface area contributed by atoms with Crippen LogP contribution in [0, 0.1) is 5.82 Å². The van der Waals surface area contributed by atoms with Gasteiger partial charge in [0.05, 0.1) is 11.4 Å². The van der Waals surface area contributed by atoms with Crippen molar-refractivity contribution in [1.82, 2.24) is 9.38 Å². The molecule has 3 nitrogen and oxygen atoms in total. The third-order valence-corrected chi connectivity index (χ3v) is 2.89. The third-order valence-electron chi connectivity index (χ3n) is 2.89. The molecule has 0 unspecified atom stereocenters. The lowest BCUT2D eigenvalue weighted by Crippen LogP contribution is -1.92. The van der Waals surface area contributed by atoms with E-state index in [1.165, 1.54) is 6.07 Å². The highest BCUT2D eigenvalue weighted by Gasteiger charge is 2.07. The smallest absolute Gasteiger partial charge is 0.160 e. The molecule has 18 heavy (non-hydrogen) atoms. The zero-order valence-electron chi connectivity index (χ0n) is 9.68. The molecule has 0 saturated carbocycles. The van der Waals surface area contributed by atoms with Crippen molar-refractivity contribution in [2.24, 2.45) is 0 Å². The Morgan fingerprint density at radius 3 is 2.78 bits per heavy atom. The van der Waals surface area contributed by atoms with Gasteiger partial charge in [-0.3, -0.25) is 0 Å². The first-order valence-electron chi connectivity index (χ1n) is 5.69. The van der Waals surface area contributed by atoms with Crippen LogP contribution in [0.2, 0.25) is 0 Å². The number of nitrogens with zero attached hydrogens (tertiary/aromatic N) is 2. The van der Waals surface area contributed by atoms with E-state index in [4.69, 9.17) is 5.73 Å². The fraction of sp³-hybridized carbons (Fsp3) is 0.0714. The molecule has 0 radical (unpaired) electrons. The molecule has 0 bridgehead atoms. The lowest BCUT2D eigenvalue weighted by atomic mass is 10.1. The van der Waals surface area contributed by atoms with E-state index in [0.29, 0.717) is 23.3 Å². The summed E-state index contributed by atoms with van der Waals surface area (Å²) in [5.41, 5.74) is 8.61. The maximum atomic E-state index is 13.6. The summed E-state index contributed by atoms with van der Waals surface area (Å²) in [4.78, 5) is 4.42. The Hall–Kier alpha value is -2.36. The first-order valence-corrected chi connectivity index (χ1v) is 5.69.